The van der Waals surface area contributed by atoms with Gasteiger partial charge in [-0.1, -0.05) is 28.1 Å². The molecule has 0 fully saturated rings. The molecule has 82 valence electrons. The van der Waals surface area contributed by atoms with Crippen LogP contribution in [0.15, 0.2) is 34.9 Å². The van der Waals surface area contributed by atoms with Crippen molar-refractivity contribution in [1.29, 1.82) is 0 Å². The van der Waals surface area contributed by atoms with Crippen LogP contribution in [0.1, 0.15) is 10.5 Å². The molecule has 0 unspecified atom stereocenters. The molecule has 0 aliphatic carbocycles. The van der Waals surface area contributed by atoms with Gasteiger partial charge in [-0.2, -0.15) is 5.10 Å². The van der Waals surface area contributed by atoms with Crippen LogP contribution in [0, 0.1) is 0 Å². The number of nitrogens with one attached hydrogen (secondary N) is 1. The molecule has 2 aromatic rings. The number of methoxy groups -OCH3 is 1. The predicted molar refractivity (Wildman–Crippen MR) is 63.1 cm³/mol. The third-order valence-electron chi connectivity index (χ3n) is 2.18. The molecule has 0 bridgehead atoms. The average Bonchev–Trinajstić information content (AvgIpc) is 2.78. The van der Waals surface area contributed by atoms with E-state index in [0.717, 1.165) is 15.6 Å². The van der Waals surface area contributed by atoms with E-state index in [4.69, 9.17) is 0 Å². The Bertz CT molecular complexity index is 505. The van der Waals surface area contributed by atoms with Gasteiger partial charge in [0.1, 0.15) is 0 Å². The summed E-state index contributed by atoms with van der Waals surface area (Å²) in [4.78, 5) is 11.4. The minimum atomic E-state index is -0.421. The Balaban J connectivity index is 2.44. The maximum atomic E-state index is 11.4. The van der Waals surface area contributed by atoms with Gasteiger partial charge in [0.2, 0.25) is 0 Å². The second-order valence-corrected chi connectivity index (χ2v) is 4.07. The number of carbonyl (C=O) groups is 1. The number of aromatic amines is 1. The van der Waals surface area contributed by atoms with E-state index in [2.05, 4.69) is 30.9 Å². The van der Waals surface area contributed by atoms with Crippen LogP contribution in [0.3, 0.4) is 0 Å². The van der Waals surface area contributed by atoms with E-state index in [1.54, 1.807) is 6.20 Å². The summed E-state index contributed by atoms with van der Waals surface area (Å²) in [5, 5.41) is 6.49. The van der Waals surface area contributed by atoms with Crippen LogP contribution in [-0.4, -0.2) is 23.3 Å². The molecule has 1 aromatic heterocycles. The lowest BCUT2D eigenvalue weighted by atomic mass is 10.1. The van der Waals surface area contributed by atoms with Crippen molar-refractivity contribution in [1.82, 2.24) is 10.2 Å². The van der Waals surface area contributed by atoms with Crippen LogP contribution >= 0.6 is 15.9 Å². The Kier molecular flexibility index (Phi) is 3.05. The summed E-state index contributed by atoms with van der Waals surface area (Å²) < 4.78 is 5.65. The fraction of sp³-hybridized carbons (Fsp3) is 0.0909. The molecule has 5 heteroatoms. The lowest BCUT2D eigenvalue weighted by Gasteiger charge is -2.01. The molecule has 1 heterocycles. The Labute approximate surface area is 101 Å². The highest BCUT2D eigenvalue weighted by molar-refractivity contribution is 9.10. The zero-order valence-electron chi connectivity index (χ0n) is 8.53. The highest BCUT2D eigenvalue weighted by Crippen LogP contribution is 2.24. The molecule has 16 heavy (non-hydrogen) atoms. The van der Waals surface area contributed by atoms with Crippen LogP contribution in [-0.2, 0) is 4.74 Å². The lowest BCUT2D eigenvalue weighted by Crippen LogP contribution is -2.03. The number of ether oxygens (including phenoxy) is 1. The van der Waals surface area contributed by atoms with E-state index in [-0.39, 0.29) is 0 Å². The highest BCUT2D eigenvalue weighted by atomic mass is 79.9. The van der Waals surface area contributed by atoms with Gasteiger partial charge in [-0.05, 0) is 17.7 Å². The number of nitrogens with zero attached hydrogens (tertiary/aromatic N) is 1. The topological polar surface area (TPSA) is 55.0 Å². The van der Waals surface area contributed by atoms with Crippen molar-refractivity contribution in [3.8, 4) is 11.1 Å². The second-order valence-electron chi connectivity index (χ2n) is 3.16. The molecule has 0 aliphatic heterocycles. The van der Waals surface area contributed by atoms with Crippen LogP contribution < -0.4 is 0 Å². The average molecular weight is 281 g/mol. The summed E-state index contributed by atoms with van der Waals surface area (Å²) in [7, 11) is 1.34. The fourth-order valence-electron chi connectivity index (χ4n) is 1.39. The predicted octanol–water partition coefficient (Wildman–Crippen LogP) is 2.63. The summed E-state index contributed by atoms with van der Waals surface area (Å²) in [5.41, 5.74) is 2.02. The number of aromatic nitrogens is 2. The third-order valence-corrected chi connectivity index (χ3v) is 2.71. The molecule has 0 radical (unpaired) electrons. The van der Waals surface area contributed by atoms with Crippen molar-refractivity contribution >= 4 is 21.9 Å². The SMILES string of the molecule is COC(=O)c1[nH]ncc1-c1ccc(Br)cc1. The summed E-state index contributed by atoms with van der Waals surface area (Å²) in [6.07, 6.45) is 1.61. The number of esters is 1. The first kappa shape index (κ1) is 10.9. The van der Waals surface area contributed by atoms with Crippen molar-refractivity contribution in [3.63, 3.8) is 0 Å². The van der Waals surface area contributed by atoms with Gasteiger partial charge in [0, 0.05) is 10.0 Å². The molecule has 1 N–H and O–H groups in total. The summed E-state index contributed by atoms with van der Waals surface area (Å²) in [6, 6.07) is 7.62. The molecule has 0 atom stereocenters. The zero-order chi connectivity index (χ0) is 11.5. The van der Waals surface area contributed by atoms with E-state index in [1.807, 2.05) is 24.3 Å². The Morgan fingerprint density at radius 1 is 1.38 bits per heavy atom. The van der Waals surface area contributed by atoms with Crippen molar-refractivity contribution in [2.45, 2.75) is 0 Å². The first-order valence-corrected chi connectivity index (χ1v) is 5.39. The molecule has 1 aromatic carbocycles. The molecule has 0 spiro atoms. The van der Waals surface area contributed by atoms with Gasteiger partial charge in [0.05, 0.1) is 13.3 Å². The lowest BCUT2D eigenvalue weighted by molar-refractivity contribution is 0.0595. The minimum absolute atomic E-state index is 0.366. The molecule has 0 saturated carbocycles. The molecule has 0 aliphatic rings. The minimum Gasteiger partial charge on any atom is -0.464 e. The van der Waals surface area contributed by atoms with E-state index in [1.165, 1.54) is 7.11 Å². The second kappa shape index (κ2) is 4.49. The van der Waals surface area contributed by atoms with Crippen LogP contribution in [0.25, 0.3) is 11.1 Å². The zero-order valence-corrected chi connectivity index (χ0v) is 10.1. The van der Waals surface area contributed by atoms with Gasteiger partial charge in [0.25, 0.3) is 0 Å². The Morgan fingerprint density at radius 2 is 2.06 bits per heavy atom. The standard InChI is InChI=1S/C11H9BrN2O2/c1-16-11(15)10-9(6-13-14-10)7-2-4-8(12)5-3-7/h2-6H,1H3,(H,13,14). The third kappa shape index (κ3) is 1.99. The highest BCUT2D eigenvalue weighted by Gasteiger charge is 2.15. The van der Waals surface area contributed by atoms with Crippen molar-refractivity contribution in [2.75, 3.05) is 7.11 Å². The maximum absolute atomic E-state index is 11.4. The van der Waals surface area contributed by atoms with Crippen molar-refractivity contribution in [3.05, 3.63) is 40.6 Å². The number of hydrogen-bond donors (Lipinski definition) is 1. The first-order valence-electron chi connectivity index (χ1n) is 4.60. The van der Waals surface area contributed by atoms with Gasteiger partial charge in [0.15, 0.2) is 5.69 Å². The normalized spacial score (nSPS) is 10.1. The van der Waals surface area contributed by atoms with E-state index < -0.39 is 5.97 Å². The largest absolute Gasteiger partial charge is 0.464 e. The molecule has 2 rings (SSSR count). The van der Waals surface area contributed by atoms with Gasteiger partial charge in [-0.3, -0.25) is 5.10 Å². The van der Waals surface area contributed by atoms with Crippen LogP contribution in [0.2, 0.25) is 0 Å². The van der Waals surface area contributed by atoms with E-state index in [9.17, 15) is 4.79 Å². The number of benzene rings is 1. The monoisotopic (exact) mass is 280 g/mol. The van der Waals surface area contributed by atoms with Crippen LogP contribution in [0.5, 0.6) is 0 Å². The van der Waals surface area contributed by atoms with Crippen LogP contribution in [0.4, 0.5) is 0 Å². The van der Waals surface area contributed by atoms with Crippen molar-refractivity contribution in [2.24, 2.45) is 0 Å². The fourth-order valence-corrected chi connectivity index (χ4v) is 1.66. The number of H-pyrrole nitrogens is 1. The quantitative estimate of drug-likeness (QED) is 0.861. The number of rotatable bonds is 2. The smallest absolute Gasteiger partial charge is 0.356 e. The number of carbonyl (C=O) groups excluding carboxylic acids is 1. The first-order chi connectivity index (χ1) is 7.72. The van der Waals surface area contributed by atoms with Gasteiger partial charge in [-0.25, -0.2) is 4.79 Å². The molecular weight excluding hydrogens is 272 g/mol. The number of halogens is 1. The molecular formula is C11H9BrN2O2. The summed E-state index contributed by atoms with van der Waals surface area (Å²) in [6.45, 7) is 0. The van der Waals surface area contributed by atoms with Crippen molar-refractivity contribution < 1.29 is 9.53 Å². The number of hydrogen-bond acceptors (Lipinski definition) is 3. The molecule has 0 saturated heterocycles. The molecule has 4 nitrogen and oxygen atoms in total. The summed E-state index contributed by atoms with van der Waals surface area (Å²) in [5.74, 6) is -0.421. The van der Waals surface area contributed by atoms with Gasteiger partial charge >= 0.3 is 5.97 Å². The Morgan fingerprint density at radius 3 is 2.69 bits per heavy atom. The van der Waals surface area contributed by atoms with E-state index in [0.29, 0.717) is 5.69 Å². The van der Waals surface area contributed by atoms with E-state index >= 15 is 0 Å². The Hall–Kier alpha value is -1.62. The van der Waals surface area contributed by atoms with Gasteiger partial charge in [-0.15, -0.1) is 0 Å². The summed E-state index contributed by atoms with van der Waals surface area (Å²) >= 11 is 3.35. The van der Waals surface area contributed by atoms with Gasteiger partial charge < -0.3 is 4.74 Å². The maximum Gasteiger partial charge on any atom is 0.356 e. The molecule has 0 amide bonds.